The zero-order valence-electron chi connectivity index (χ0n) is 8.30. The molecule has 0 aliphatic rings. The lowest BCUT2D eigenvalue weighted by molar-refractivity contribution is -0.138. The van der Waals surface area contributed by atoms with Crippen LogP contribution in [0.5, 0.6) is 11.5 Å². The van der Waals surface area contributed by atoms with Crippen molar-refractivity contribution in [2.45, 2.75) is 5.92 Å². The van der Waals surface area contributed by atoms with Gasteiger partial charge in [0.2, 0.25) is 0 Å². The largest absolute Gasteiger partial charge is 0.504 e. The molecule has 15 heavy (non-hydrogen) atoms. The summed E-state index contributed by atoms with van der Waals surface area (Å²) in [5.74, 6) is -1.60. The van der Waals surface area contributed by atoms with E-state index in [1.165, 1.54) is 19.2 Å². The van der Waals surface area contributed by atoms with Crippen molar-refractivity contribution >= 4 is 5.97 Å². The number of aromatic hydroxyl groups is 1. The highest BCUT2D eigenvalue weighted by Gasteiger charge is 2.19. The molecule has 4 N–H and O–H groups in total. The topological polar surface area (TPSA) is 92.8 Å². The molecule has 1 unspecified atom stereocenters. The number of carbonyl (C=O) groups is 1. The number of ether oxygens (including phenoxy) is 1. The van der Waals surface area contributed by atoms with Gasteiger partial charge in [-0.05, 0) is 17.7 Å². The Morgan fingerprint density at radius 2 is 2.27 bits per heavy atom. The van der Waals surface area contributed by atoms with E-state index in [1.54, 1.807) is 6.07 Å². The first-order chi connectivity index (χ1) is 7.10. The SMILES string of the molecule is COc1ccc(C(CN)C(=O)O)cc1O. The second kappa shape index (κ2) is 4.65. The molecule has 0 fully saturated rings. The lowest BCUT2D eigenvalue weighted by Gasteiger charge is -2.11. The lowest BCUT2D eigenvalue weighted by atomic mass is 9.99. The van der Waals surface area contributed by atoms with Gasteiger partial charge in [0.25, 0.3) is 0 Å². The second-order valence-electron chi connectivity index (χ2n) is 3.06. The number of hydrogen-bond acceptors (Lipinski definition) is 4. The summed E-state index contributed by atoms with van der Waals surface area (Å²) in [4.78, 5) is 10.8. The molecule has 0 bridgehead atoms. The van der Waals surface area contributed by atoms with Gasteiger partial charge in [0, 0.05) is 6.54 Å². The summed E-state index contributed by atoms with van der Waals surface area (Å²) in [5, 5.41) is 18.3. The predicted octanol–water partition coefficient (Wildman–Crippen LogP) is 0.528. The van der Waals surface area contributed by atoms with Gasteiger partial charge in [-0.1, -0.05) is 6.07 Å². The van der Waals surface area contributed by atoms with Crippen molar-refractivity contribution < 1.29 is 19.7 Å². The van der Waals surface area contributed by atoms with Gasteiger partial charge in [-0.25, -0.2) is 0 Å². The van der Waals surface area contributed by atoms with Crippen LogP contribution >= 0.6 is 0 Å². The summed E-state index contributed by atoms with van der Waals surface area (Å²) in [6.07, 6.45) is 0. The van der Waals surface area contributed by atoms with Gasteiger partial charge in [0.05, 0.1) is 13.0 Å². The maximum Gasteiger partial charge on any atom is 0.312 e. The number of hydrogen-bond donors (Lipinski definition) is 3. The molecular formula is C10H13NO4. The van der Waals surface area contributed by atoms with Crippen molar-refractivity contribution in [3.8, 4) is 11.5 Å². The summed E-state index contributed by atoms with van der Waals surface area (Å²) < 4.78 is 4.85. The number of aliphatic carboxylic acids is 1. The molecule has 0 amide bonds. The van der Waals surface area contributed by atoms with Crippen LogP contribution in [0.15, 0.2) is 18.2 Å². The number of phenols is 1. The minimum Gasteiger partial charge on any atom is -0.504 e. The average molecular weight is 211 g/mol. The van der Waals surface area contributed by atoms with Gasteiger partial charge in [-0.15, -0.1) is 0 Å². The molecule has 0 aliphatic carbocycles. The molecule has 0 heterocycles. The lowest BCUT2D eigenvalue weighted by Crippen LogP contribution is -2.20. The molecule has 0 aliphatic heterocycles. The van der Waals surface area contributed by atoms with Crippen LogP contribution in [-0.2, 0) is 4.79 Å². The minimum atomic E-state index is -1.01. The maximum absolute atomic E-state index is 10.8. The summed E-state index contributed by atoms with van der Waals surface area (Å²) in [7, 11) is 1.42. The Morgan fingerprint density at radius 3 is 2.67 bits per heavy atom. The first-order valence-corrected chi connectivity index (χ1v) is 4.40. The quantitative estimate of drug-likeness (QED) is 0.675. The Bertz CT molecular complexity index is 364. The highest BCUT2D eigenvalue weighted by molar-refractivity contribution is 5.76. The number of carboxylic acids is 1. The average Bonchev–Trinajstić information content (AvgIpc) is 2.18. The normalized spacial score (nSPS) is 12.1. The number of rotatable bonds is 4. The highest BCUT2D eigenvalue weighted by atomic mass is 16.5. The van der Waals surface area contributed by atoms with Crippen LogP contribution in [-0.4, -0.2) is 29.8 Å². The van der Waals surface area contributed by atoms with Gasteiger partial charge >= 0.3 is 5.97 Å². The fourth-order valence-corrected chi connectivity index (χ4v) is 1.30. The predicted molar refractivity (Wildman–Crippen MR) is 54.1 cm³/mol. The Kier molecular flexibility index (Phi) is 3.51. The third kappa shape index (κ3) is 2.38. The summed E-state index contributed by atoms with van der Waals surface area (Å²) in [6, 6.07) is 4.44. The third-order valence-corrected chi connectivity index (χ3v) is 2.14. The van der Waals surface area contributed by atoms with Crippen LogP contribution in [0.25, 0.3) is 0 Å². The maximum atomic E-state index is 10.8. The fraction of sp³-hybridized carbons (Fsp3) is 0.300. The Hall–Kier alpha value is -1.75. The standard InChI is InChI=1S/C10H13NO4/c1-15-9-3-2-6(4-8(9)12)7(5-11)10(13)14/h2-4,7,12H,5,11H2,1H3,(H,13,14). The molecule has 1 aromatic carbocycles. The van der Waals surface area contributed by atoms with Crippen LogP contribution in [0.3, 0.4) is 0 Å². The van der Waals surface area contributed by atoms with Crippen molar-refractivity contribution in [2.75, 3.05) is 13.7 Å². The third-order valence-electron chi connectivity index (χ3n) is 2.14. The van der Waals surface area contributed by atoms with E-state index in [-0.39, 0.29) is 12.3 Å². The van der Waals surface area contributed by atoms with E-state index in [4.69, 9.17) is 15.6 Å². The van der Waals surface area contributed by atoms with Gasteiger partial charge in [-0.2, -0.15) is 0 Å². The molecule has 0 saturated carbocycles. The van der Waals surface area contributed by atoms with Crippen molar-refractivity contribution in [3.63, 3.8) is 0 Å². The van der Waals surface area contributed by atoms with Gasteiger partial charge < -0.3 is 20.7 Å². The Morgan fingerprint density at radius 1 is 1.60 bits per heavy atom. The van der Waals surface area contributed by atoms with Gasteiger partial charge in [-0.3, -0.25) is 4.79 Å². The first kappa shape index (κ1) is 11.3. The zero-order chi connectivity index (χ0) is 11.4. The van der Waals surface area contributed by atoms with E-state index < -0.39 is 11.9 Å². The number of benzene rings is 1. The number of methoxy groups -OCH3 is 1. The van der Waals surface area contributed by atoms with Crippen LogP contribution in [0.1, 0.15) is 11.5 Å². The molecule has 5 nitrogen and oxygen atoms in total. The Balaban J connectivity index is 3.05. The van der Waals surface area contributed by atoms with Crippen molar-refractivity contribution in [3.05, 3.63) is 23.8 Å². The fourth-order valence-electron chi connectivity index (χ4n) is 1.30. The highest BCUT2D eigenvalue weighted by Crippen LogP contribution is 2.29. The number of nitrogens with two attached hydrogens (primary N) is 1. The monoisotopic (exact) mass is 211 g/mol. The summed E-state index contributed by atoms with van der Waals surface area (Å²) in [6.45, 7) is -0.0128. The number of phenolic OH excluding ortho intramolecular Hbond substituents is 1. The van der Waals surface area contributed by atoms with Crippen LogP contribution in [0, 0.1) is 0 Å². The van der Waals surface area contributed by atoms with Crippen molar-refractivity contribution in [1.29, 1.82) is 0 Å². The van der Waals surface area contributed by atoms with Gasteiger partial charge in [0.15, 0.2) is 11.5 Å². The van der Waals surface area contributed by atoms with E-state index >= 15 is 0 Å². The van der Waals surface area contributed by atoms with Crippen molar-refractivity contribution in [2.24, 2.45) is 5.73 Å². The smallest absolute Gasteiger partial charge is 0.312 e. The Labute approximate surface area is 87.1 Å². The molecule has 1 atom stereocenters. The molecule has 1 rings (SSSR count). The second-order valence-corrected chi connectivity index (χ2v) is 3.06. The van der Waals surface area contributed by atoms with Crippen LogP contribution in [0.4, 0.5) is 0 Å². The molecule has 0 radical (unpaired) electrons. The van der Waals surface area contributed by atoms with E-state index in [1.807, 2.05) is 0 Å². The first-order valence-electron chi connectivity index (χ1n) is 4.40. The van der Waals surface area contributed by atoms with E-state index in [9.17, 15) is 9.90 Å². The molecular weight excluding hydrogens is 198 g/mol. The van der Waals surface area contributed by atoms with E-state index in [0.29, 0.717) is 11.3 Å². The van der Waals surface area contributed by atoms with E-state index in [2.05, 4.69) is 0 Å². The number of carboxylic acid groups (broad SMARTS) is 1. The molecule has 0 saturated heterocycles. The summed E-state index contributed by atoms with van der Waals surface area (Å²) in [5.41, 5.74) is 5.79. The molecule has 82 valence electrons. The van der Waals surface area contributed by atoms with Crippen molar-refractivity contribution in [1.82, 2.24) is 0 Å². The summed E-state index contributed by atoms with van der Waals surface area (Å²) >= 11 is 0. The zero-order valence-corrected chi connectivity index (χ0v) is 8.30. The molecule has 1 aromatic rings. The van der Waals surface area contributed by atoms with E-state index in [0.717, 1.165) is 0 Å². The van der Waals surface area contributed by atoms with Gasteiger partial charge in [0.1, 0.15) is 0 Å². The minimum absolute atomic E-state index is 0.0128. The van der Waals surface area contributed by atoms with Crippen LogP contribution < -0.4 is 10.5 Å². The molecule has 0 aromatic heterocycles. The molecule has 5 heteroatoms. The molecule has 0 spiro atoms. The van der Waals surface area contributed by atoms with Crippen LogP contribution in [0.2, 0.25) is 0 Å².